The molecule has 0 radical (unpaired) electrons. The van der Waals surface area contributed by atoms with E-state index in [0.29, 0.717) is 36.3 Å². The number of carbonyl (C=O) groups excluding carboxylic acids is 1. The first-order chi connectivity index (χ1) is 15.3. The van der Waals surface area contributed by atoms with E-state index < -0.39 is 0 Å². The number of benzene rings is 1. The summed E-state index contributed by atoms with van der Waals surface area (Å²) in [5.41, 5.74) is 10.2. The summed E-state index contributed by atoms with van der Waals surface area (Å²) in [5, 5.41) is 4.74. The van der Waals surface area contributed by atoms with Crippen molar-refractivity contribution in [3.05, 3.63) is 53.1 Å². The maximum Gasteiger partial charge on any atom is 0.244 e. The zero-order chi connectivity index (χ0) is 22.8. The van der Waals surface area contributed by atoms with Crippen molar-refractivity contribution in [1.82, 2.24) is 14.7 Å². The highest BCUT2D eigenvalue weighted by Crippen LogP contribution is 2.29. The molecule has 170 valence electrons. The minimum Gasteiger partial charge on any atom is -0.387 e. The van der Waals surface area contributed by atoms with Gasteiger partial charge in [-0.2, -0.15) is 5.10 Å². The first-order valence-corrected chi connectivity index (χ1v) is 11.4. The van der Waals surface area contributed by atoms with Crippen LogP contribution in [0, 0.1) is 24.6 Å². The summed E-state index contributed by atoms with van der Waals surface area (Å²) in [6.45, 7) is 7.50. The number of allylic oxidation sites excluding steroid dienone is 1. The second-order valence-electron chi connectivity index (χ2n) is 9.34. The Bertz CT molecular complexity index is 1070. The molecule has 2 N–H and O–H groups in total. The van der Waals surface area contributed by atoms with E-state index in [-0.39, 0.29) is 18.3 Å². The Labute approximate surface area is 189 Å². The number of hydrogen-bond donors (Lipinski definition) is 1. The van der Waals surface area contributed by atoms with E-state index in [0.717, 1.165) is 48.3 Å². The van der Waals surface area contributed by atoms with Crippen molar-refractivity contribution in [1.29, 1.82) is 0 Å². The van der Waals surface area contributed by atoms with Crippen LogP contribution in [-0.2, 0) is 17.8 Å². The fourth-order valence-electron chi connectivity index (χ4n) is 4.47. The predicted octanol–water partition coefficient (Wildman–Crippen LogP) is 4.08. The summed E-state index contributed by atoms with van der Waals surface area (Å²) in [4.78, 5) is 19.6. The zero-order valence-electron chi connectivity index (χ0n) is 19.1. The van der Waals surface area contributed by atoms with E-state index in [4.69, 9.17) is 10.8 Å². The molecule has 2 aromatic rings. The van der Waals surface area contributed by atoms with Crippen LogP contribution < -0.4 is 5.73 Å². The van der Waals surface area contributed by atoms with Gasteiger partial charge in [-0.3, -0.25) is 9.48 Å². The Morgan fingerprint density at radius 3 is 2.84 bits per heavy atom. The Morgan fingerprint density at radius 1 is 1.28 bits per heavy atom. The molecule has 0 bridgehead atoms. The monoisotopic (exact) mass is 437 g/mol. The van der Waals surface area contributed by atoms with Crippen LogP contribution in [0.1, 0.15) is 44.4 Å². The number of hydrogen-bond acceptors (Lipinski definition) is 4. The van der Waals surface area contributed by atoms with Gasteiger partial charge in [-0.05, 0) is 68.0 Å². The van der Waals surface area contributed by atoms with Gasteiger partial charge in [-0.15, -0.1) is 0 Å². The summed E-state index contributed by atoms with van der Waals surface area (Å²) < 4.78 is 15.5. The quantitative estimate of drug-likeness (QED) is 0.766. The first-order valence-electron chi connectivity index (χ1n) is 11.4. The Morgan fingerprint density at radius 2 is 2.09 bits per heavy atom. The molecular formula is C25H32FN5O. The minimum atomic E-state index is -0.229. The van der Waals surface area contributed by atoms with Gasteiger partial charge < -0.3 is 10.6 Å². The average Bonchev–Trinajstić information content (AvgIpc) is 2.99. The van der Waals surface area contributed by atoms with Crippen molar-refractivity contribution in [2.45, 2.75) is 53.0 Å². The van der Waals surface area contributed by atoms with Gasteiger partial charge in [0.15, 0.2) is 0 Å². The topological polar surface area (TPSA) is 76.5 Å². The highest BCUT2D eigenvalue weighted by atomic mass is 19.1. The summed E-state index contributed by atoms with van der Waals surface area (Å²) in [6, 6.07) is 7.04. The summed E-state index contributed by atoms with van der Waals surface area (Å²) in [6.07, 6.45) is 5.61. The molecule has 2 aliphatic rings. The van der Waals surface area contributed by atoms with Crippen LogP contribution in [-0.4, -0.2) is 39.5 Å². The van der Waals surface area contributed by atoms with E-state index in [1.165, 1.54) is 6.07 Å². The van der Waals surface area contributed by atoms with Gasteiger partial charge in [0.2, 0.25) is 5.91 Å². The normalized spacial score (nSPS) is 18.8. The number of rotatable bonds is 5. The number of nitrogens with zero attached hydrogens (tertiary/aromatic N) is 4. The zero-order valence-corrected chi connectivity index (χ0v) is 19.1. The fraction of sp³-hybridized carbons (Fsp3) is 0.480. The molecule has 32 heavy (non-hydrogen) atoms. The molecule has 0 saturated heterocycles. The number of nitrogens with two attached hydrogens (primary N) is 1. The molecule has 0 fully saturated rings. The molecule has 0 aliphatic carbocycles. The molecule has 1 atom stereocenters. The molecule has 1 amide bonds. The number of carbonyl (C=O) groups is 1. The fourth-order valence-corrected chi connectivity index (χ4v) is 4.47. The second-order valence-corrected chi connectivity index (χ2v) is 9.34. The third-order valence-corrected chi connectivity index (χ3v) is 6.28. The maximum atomic E-state index is 13.7. The average molecular weight is 438 g/mol. The molecule has 1 aromatic carbocycles. The third-order valence-electron chi connectivity index (χ3n) is 6.28. The number of halogens is 1. The molecule has 7 heteroatoms. The molecule has 6 nitrogen and oxygen atoms in total. The SMILES string of the molecule is Cc1cc(-c2cc(CC(C)C)n(CC(=O)N3CC=C4N=C(N)CCC4CC3)n2)ccc1F. The lowest BCUT2D eigenvalue weighted by atomic mass is 9.93. The van der Waals surface area contributed by atoms with Crippen LogP contribution in [0.15, 0.2) is 41.0 Å². The molecule has 2 aliphatic heterocycles. The first kappa shape index (κ1) is 22.2. The van der Waals surface area contributed by atoms with Gasteiger partial charge in [0.05, 0.1) is 11.5 Å². The third kappa shape index (κ3) is 4.92. The number of amides is 1. The highest BCUT2D eigenvalue weighted by Gasteiger charge is 2.26. The van der Waals surface area contributed by atoms with E-state index in [9.17, 15) is 9.18 Å². The predicted molar refractivity (Wildman–Crippen MR) is 125 cm³/mol. The van der Waals surface area contributed by atoms with Gasteiger partial charge in [0.25, 0.3) is 0 Å². The smallest absolute Gasteiger partial charge is 0.244 e. The molecule has 1 aromatic heterocycles. The number of amidine groups is 1. The summed E-state index contributed by atoms with van der Waals surface area (Å²) in [7, 11) is 0. The van der Waals surface area contributed by atoms with Crippen LogP contribution in [0.25, 0.3) is 11.3 Å². The van der Waals surface area contributed by atoms with Crippen molar-refractivity contribution in [3.8, 4) is 11.3 Å². The van der Waals surface area contributed by atoms with E-state index >= 15 is 0 Å². The van der Waals surface area contributed by atoms with Crippen molar-refractivity contribution in [3.63, 3.8) is 0 Å². The summed E-state index contributed by atoms with van der Waals surface area (Å²) in [5.74, 6) is 1.32. The molecule has 3 heterocycles. The Hall–Kier alpha value is -2.96. The van der Waals surface area contributed by atoms with E-state index in [1.54, 1.807) is 19.1 Å². The number of aryl methyl sites for hydroxylation is 1. The lowest BCUT2D eigenvalue weighted by molar-refractivity contribution is -0.131. The van der Waals surface area contributed by atoms with Gasteiger partial charge in [-0.1, -0.05) is 13.8 Å². The van der Waals surface area contributed by atoms with Gasteiger partial charge >= 0.3 is 0 Å². The van der Waals surface area contributed by atoms with Crippen molar-refractivity contribution < 1.29 is 9.18 Å². The maximum absolute atomic E-state index is 13.7. The standard InChI is InChI=1S/C25H32FN5O/c1-16(2)12-20-14-23(19-4-6-21(26)17(3)13-19)29-31(20)15-25(32)30-10-8-18-5-7-24(27)28-22(18)9-11-30/h4,6,9,13-14,16,18H,5,7-8,10-12,15H2,1-3H3,(H2,27,28). The van der Waals surface area contributed by atoms with Crippen molar-refractivity contribution in [2.24, 2.45) is 22.6 Å². The molecule has 0 saturated carbocycles. The number of aromatic nitrogens is 2. The number of fused-ring (bicyclic) bond motifs is 1. The lowest BCUT2D eigenvalue weighted by Crippen LogP contribution is -2.35. The summed E-state index contributed by atoms with van der Waals surface area (Å²) >= 11 is 0. The minimum absolute atomic E-state index is 0.0485. The highest BCUT2D eigenvalue weighted by molar-refractivity contribution is 5.82. The molecule has 4 rings (SSSR count). The van der Waals surface area contributed by atoms with Crippen LogP contribution in [0.3, 0.4) is 0 Å². The molecular weight excluding hydrogens is 405 g/mol. The van der Waals surface area contributed by atoms with Crippen LogP contribution in [0.5, 0.6) is 0 Å². The van der Waals surface area contributed by atoms with E-state index in [1.807, 2.05) is 21.7 Å². The van der Waals surface area contributed by atoms with Crippen LogP contribution in [0.2, 0.25) is 0 Å². The molecule has 0 spiro atoms. The number of aliphatic imine (C=N–C) groups is 1. The van der Waals surface area contributed by atoms with Gasteiger partial charge in [0.1, 0.15) is 12.4 Å². The van der Waals surface area contributed by atoms with Crippen molar-refractivity contribution in [2.75, 3.05) is 13.1 Å². The van der Waals surface area contributed by atoms with Crippen LogP contribution >= 0.6 is 0 Å². The van der Waals surface area contributed by atoms with Gasteiger partial charge in [-0.25, -0.2) is 9.38 Å². The largest absolute Gasteiger partial charge is 0.387 e. The van der Waals surface area contributed by atoms with E-state index in [2.05, 4.69) is 18.8 Å². The van der Waals surface area contributed by atoms with Crippen molar-refractivity contribution >= 4 is 11.7 Å². The Kier molecular flexibility index (Phi) is 6.44. The Balaban J connectivity index is 1.54. The van der Waals surface area contributed by atoms with Crippen LogP contribution in [0.4, 0.5) is 4.39 Å². The lowest BCUT2D eigenvalue weighted by Gasteiger charge is -2.22. The van der Waals surface area contributed by atoms with Gasteiger partial charge in [0, 0.05) is 42.4 Å². The molecule has 1 unspecified atom stereocenters. The second kappa shape index (κ2) is 9.27.